The van der Waals surface area contributed by atoms with Gasteiger partial charge in [-0.25, -0.2) is 4.79 Å². The number of halogens is 1. The molecule has 0 unspecified atom stereocenters. The summed E-state index contributed by atoms with van der Waals surface area (Å²) in [5.41, 5.74) is 0.380. The van der Waals surface area contributed by atoms with Crippen LogP contribution in [0.25, 0.3) is 0 Å². The van der Waals surface area contributed by atoms with E-state index in [1.54, 1.807) is 6.92 Å². The third-order valence-corrected chi connectivity index (χ3v) is 2.52. The zero-order valence-electron chi connectivity index (χ0n) is 7.95. The number of carbonyl (C=O) groups excluding carboxylic acids is 1. The molecule has 0 aliphatic rings. The second-order valence-electron chi connectivity index (χ2n) is 2.68. The molecule has 1 aromatic rings. The Hall–Kier alpha value is -1.18. The monoisotopic (exact) mass is 241 g/mol. The molecule has 1 aromatic carbocycles. The summed E-state index contributed by atoms with van der Waals surface area (Å²) in [5, 5.41) is 9.15. The lowest BCUT2D eigenvalue weighted by Crippen LogP contribution is -2.07. The Morgan fingerprint density at radius 2 is 2.33 bits per heavy atom. The number of benzene rings is 1. The van der Waals surface area contributed by atoms with E-state index in [0.717, 1.165) is 0 Å². The summed E-state index contributed by atoms with van der Waals surface area (Å²) in [4.78, 5) is 11.9. The van der Waals surface area contributed by atoms with Gasteiger partial charge in [0.2, 0.25) is 0 Å². The Kier molecular flexibility index (Phi) is 4.01. The molecule has 0 aliphatic carbocycles. The van der Waals surface area contributed by atoms with Crippen molar-refractivity contribution < 1.29 is 9.53 Å². The molecule has 0 bridgehead atoms. The number of esters is 1. The van der Waals surface area contributed by atoms with E-state index >= 15 is 0 Å². The van der Waals surface area contributed by atoms with E-state index in [1.807, 2.05) is 6.07 Å². The second kappa shape index (κ2) is 5.06. The van der Waals surface area contributed by atoms with E-state index in [-0.39, 0.29) is 17.7 Å². The van der Waals surface area contributed by atoms with Crippen LogP contribution in [-0.2, 0) is 4.74 Å². The van der Waals surface area contributed by atoms with Gasteiger partial charge in [-0.15, -0.1) is 12.6 Å². The zero-order chi connectivity index (χ0) is 11.4. The highest BCUT2D eigenvalue weighted by Crippen LogP contribution is 2.24. The third-order valence-electron chi connectivity index (χ3n) is 1.70. The molecule has 0 aliphatic heterocycles. The lowest BCUT2D eigenvalue weighted by atomic mass is 10.1. The summed E-state index contributed by atoms with van der Waals surface area (Å²) in [7, 11) is 0. The number of nitrogens with zero attached hydrogens (tertiary/aromatic N) is 1. The Labute approximate surface area is 98.0 Å². The Bertz CT molecular complexity index is 440. The number of rotatable bonds is 2. The van der Waals surface area contributed by atoms with Gasteiger partial charge in [0, 0.05) is 4.90 Å². The molecule has 0 spiro atoms. The van der Waals surface area contributed by atoms with E-state index in [9.17, 15) is 4.79 Å². The topological polar surface area (TPSA) is 50.1 Å². The zero-order valence-corrected chi connectivity index (χ0v) is 9.60. The van der Waals surface area contributed by atoms with Crippen LogP contribution in [0, 0.1) is 11.3 Å². The van der Waals surface area contributed by atoms with E-state index in [4.69, 9.17) is 21.6 Å². The van der Waals surface area contributed by atoms with E-state index in [0.29, 0.717) is 9.92 Å². The molecule has 0 radical (unpaired) electrons. The number of nitriles is 1. The van der Waals surface area contributed by atoms with Crippen LogP contribution < -0.4 is 0 Å². The van der Waals surface area contributed by atoms with Crippen LogP contribution in [-0.4, -0.2) is 12.6 Å². The molecule has 78 valence electrons. The smallest absolute Gasteiger partial charge is 0.339 e. The highest BCUT2D eigenvalue weighted by atomic mass is 35.5. The maximum absolute atomic E-state index is 11.4. The second-order valence-corrected chi connectivity index (χ2v) is 3.57. The van der Waals surface area contributed by atoms with Crippen LogP contribution >= 0.6 is 24.2 Å². The molecular weight excluding hydrogens is 234 g/mol. The molecule has 5 heteroatoms. The fourth-order valence-electron chi connectivity index (χ4n) is 1.03. The average molecular weight is 242 g/mol. The first-order valence-electron chi connectivity index (χ1n) is 4.19. The molecule has 0 heterocycles. The van der Waals surface area contributed by atoms with Gasteiger partial charge < -0.3 is 4.74 Å². The standard InChI is InChI=1S/C10H8ClNO2S/c1-2-14-10(13)7-4-9(15)8(11)3-6(7)5-12/h3-4,15H,2H2,1H3. The van der Waals surface area contributed by atoms with Gasteiger partial charge in [0.1, 0.15) is 6.07 Å². The SMILES string of the molecule is CCOC(=O)c1cc(S)c(Cl)cc1C#N. The van der Waals surface area contributed by atoms with Crippen LogP contribution in [0.4, 0.5) is 0 Å². The van der Waals surface area contributed by atoms with Gasteiger partial charge in [-0.3, -0.25) is 0 Å². The first-order valence-corrected chi connectivity index (χ1v) is 5.02. The highest BCUT2D eigenvalue weighted by molar-refractivity contribution is 7.80. The van der Waals surface area contributed by atoms with Crippen molar-refractivity contribution >= 4 is 30.2 Å². The highest BCUT2D eigenvalue weighted by Gasteiger charge is 2.14. The van der Waals surface area contributed by atoms with Crippen molar-refractivity contribution in [1.82, 2.24) is 0 Å². The molecule has 0 aromatic heterocycles. The minimum Gasteiger partial charge on any atom is -0.462 e. The summed E-state index contributed by atoms with van der Waals surface area (Å²) in [6.45, 7) is 1.95. The predicted octanol–water partition coefficient (Wildman–Crippen LogP) is 2.68. The minimum absolute atomic E-state index is 0.189. The van der Waals surface area contributed by atoms with Gasteiger partial charge in [-0.05, 0) is 19.1 Å². The number of carbonyl (C=O) groups is 1. The van der Waals surface area contributed by atoms with Gasteiger partial charge in [0.05, 0.1) is 22.8 Å². The summed E-state index contributed by atoms with van der Waals surface area (Å²) in [5.74, 6) is -0.541. The Balaban J connectivity index is 3.23. The Morgan fingerprint density at radius 1 is 1.67 bits per heavy atom. The minimum atomic E-state index is -0.541. The van der Waals surface area contributed by atoms with Crippen molar-refractivity contribution in [1.29, 1.82) is 5.26 Å². The van der Waals surface area contributed by atoms with Gasteiger partial charge in [0.25, 0.3) is 0 Å². The molecular formula is C10H8ClNO2S. The summed E-state index contributed by atoms with van der Waals surface area (Å²) < 4.78 is 4.80. The van der Waals surface area contributed by atoms with Gasteiger partial charge >= 0.3 is 5.97 Å². The molecule has 0 amide bonds. The molecule has 0 saturated carbocycles. The number of ether oxygens (including phenoxy) is 1. The third kappa shape index (κ3) is 2.65. The lowest BCUT2D eigenvalue weighted by molar-refractivity contribution is 0.0525. The number of hydrogen-bond donors (Lipinski definition) is 1. The predicted molar refractivity (Wildman–Crippen MR) is 59.4 cm³/mol. The Morgan fingerprint density at radius 3 is 2.87 bits per heavy atom. The largest absolute Gasteiger partial charge is 0.462 e. The van der Waals surface area contributed by atoms with Crippen LogP contribution in [0.3, 0.4) is 0 Å². The molecule has 0 saturated heterocycles. The average Bonchev–Trinajstić information content (AvgIpc) is 2.21. The lowest BCUT2D eigenvalue weighted by Gasteiger charge is -2.05. The summed E-state index contributed by atoms with van der Waals surface area (Å²) >= 11 is 9.83. The van der Waals surface area contributed by atoms with Gasteiger partial charge in [-0.1, -0.05) is 11.6 Å². The van der Waals surface area contributed by atoms with Gasteiger partial charge in [0.15, 0.2) is 0 Å². The fraction of sp³-hybridized carbons (Fsp3) is 0.200. The molecule has 15 heavy (non-hydrogen) atoms. The first kappa shape index (κ1) is 11.9. The van der Waals surface area contributed by atoms with Crippen LogP contribution in [0.1, 0.15) is 22.8 Å². The summed E-state index contributed by atoms with van der Waals surface area (Å²) in [6, 6.07) is 4.72. The van der Waals surface area contributed by atoms with E-state index in [1.165, 1.54) is 12.1 Å². The van der Waals surface area contributed by atoms with Crippen LogP contribution in [0.2, 0.25) is 5.02 Å². The van der Waals surface area contributed by atoms with E-state index in [2.05, 4.69) is 12.6 Å². The molecule has 3 nitrogen and oxygen atoms in total. The van der Waals surface area contributed by atoms with Crippen molar-refractivity contribution in [3.05, 3.63) is 28.3 Å². The number of thiol groups is 1. The van der Waals surface area contributed by atoms with Gasteiger partial charge in [-0.2, -0.15) is 5.26 Å². The summed E-state index contributed by atoms with van der Waals surface area (Å²) in [6.07, 6.45) is 0. The maximum Gasteiger partial charge on any atom is 0.339 e. The number of hydrogen-bond acceptors (Lipinski definition) is 4. The van der Waals surface area contributed by atoms with Crippen molar-refractivity contribution in [2.75, 3.05) is 6.61 Å². The van der Waals surface area contributed by atoms with Crippen LogP contribution in [0.5, 0.6) is 0 Å². The van der Waals surface area contributed by atoms with Crippen molar-refractivity contribution in [3.63, 3.8) is 0 Å². The van der Waals surface area contributed by atoms with Crippen molar-refractivity contribution in [2.45, 2.75) is 11.8 Å². The maximum atomic E-state index is 11.4. The molecule has 1 rings (SSSR count). The van der Waals surface area contributed by atoms with Crippen molar-refractivity contribution in [2.24, 2.45) is 0 Å². The first-order chi connectivity index (χ1) is 7.10. The molecule has 0 fully saturated rings. The molecule has 0 N–H and O–H groups in total. The van der Waals surface area contributed by atoms with E-state index < -0.39 is 5.97 Å². The van der Waals surface area contributed by atoms with Crippen LogP contribution in [0.15, 0.2) is 17.0 Å². The normalized spacial score (nSPS) is 9.47. The molecule has 0 atom stereocenters. The quantitative estimate of drug-likeness (QED) is 0.640. The fourth-order valence-corrected chi connectivity index (χ4v) is 1.39. The van der Waals surface area contributed by atoms with Crippen molar-refractivity contribution in [3.8, 4) is 6.07 Å².